The van der Waals surface area contributed by atoms with Gasteiger partial charge in [0.05, 0.1) is 10.0 Å². The molecule has 18 heavy (non-hydrogen) atoms. The number of Topliss-reactive ketones (excluding diaryl/α,β-unsaturated/α-hetero) is 1. The van der Waals surface area contributed by atoms with Gasteiger partial charge in [0.1, 0.15) is 5.82 Å². The average Bonchev–Trinajstić information content (AvgIpc) is 2.36. The second-order valence-corrected chi connectivity index (χ2v) is 4.53. The monoisotopic (exact) mass is 311 g/mol. The van der Waals surface area contributed by atoms with Crippen molar-refractivity contribution in [2.45, 2.75) is 6.42 Å². The number of nitrogens with zero attached hydrogens (tertiary/aromatic N) is 1. The lowest BCUT2D eigenvalue weighted by Crippen LogP contribution is -2.09. The Bertz CT molecular complexity index is 587. The molecular weight excluding hydrogens is 304 g/mol. The molecule has 1 aromatic heterocycles. The number of ketones is 1. The van der Waals surface area contributed by atoms with Crippen LogP contribution in [0.1, 0.15) is 15.9 Å². The van der Waals surface area contributed by atoms with Crippen molar-refractivity contribution in [3.8, 4) is 0 Å². The molecule has 0 aliphatic heterocycles. The molecular formula is C13H8BrF2NO. The molecule has 0 amide bonds. The molecule has 0 unspecified atom stereocenters. The zero-order chi connectivity index (χ0) is 13.1. The molecule has 0 N–H and O–H groups in total. The van der Waals surface area contributed by atoms with Gasteiger partial charge in [0.2, 0.25) is 0 Å². The van der Waals surface area contributed by atoms with E-state index in [0.29, 0.717) is 5.56 Å². The number of halogens is 3. The fourth-order valence-corrected chi connectivity index (χ4v) is 1.89. The van der Waals surface area contributed by atoms with Crippen LogP contribution in [0.5, 0.6) is 0 Å². The van der Waals surface area contributed by atoms with Crippen LogP contribution in [0.2, 0.25) is 0 Å². The molecule has 0 atom stereocenters. The zero-order valence-corrected chi connectivity index (χ0v) is 10.7. The number of aromatic nitrogens is 1. The standard InChI is InChI=1S/C13H8BrF2NO/c14-9-1-2-10(15)12(13(9)16)11(18)7-8-3-5-17-6-4-8/h1-6H,7H2. The molecule has 1 heterocycles. The van der Waals surface area contributed by atoms with E-state index in [1.165, 1.54) is 18.5 Å². The van der Waals surface area contributed by atoms with Crippen molar-refractivity contribution in [1.82, 2.24) is 4.98 Å². The zero-order valence-electron chi connectivity index (χ0n) is 9.16. The third-order valence-corrected chi connectivity index (χ3v) is 3.05. The Labute approximate surface area is 111 Å². The number of pyridine rings is 1. The van der Waals surface area contributed by atoms with Gasteiger partial charge in [-0.05, 0) is 45.8 Å². The number of carbonyl (C=O) groups is 1. The fourth-order valence-electron chi connectivity index (χ4n) is 1.56. The van der Waals surface area contributed by atoms with E-state index in [4.69, 9.17) is 0 Å². The van der Waals surface area contributed by atoms with Crippen LogP contribution in [0.25, 0.3) is 0 Å². The molecule has 1 aromatic carbocycles. The van der Waals surface area contributed by atoms with Gasteiger partial charge in [0.25, 0.3) is 0 Å². The maximum Gasteiger partial charge on any atom is 0.173 e. The van der Waals surface area contributed by atoms with E-state index in [1.54, 1.807) is 12.1 Å². The molecule has 0 radical (unpaired) electrons. The van der Waals surface area contributed by atoms with Crippen molar-refractivity contribution >= 4 is 21.7 Å². The molecule has 92 valence electrons. The minimum absolute atomic E-state index is 0.0627. The molecule has 2 rings (SSSR count). The Hall–Kier alpha value is -1.62. The molecule has 5 heteroatoms. The number of carbonyl (C=O) groups excluding carboxylic acids is 1. The first-order chi connectivity index (χ1) is 8.59. The Balaban J connectivity index is 2.33. The van der Waals surface area contributed by atoms with E-state index in [0.717, 1.165) is 6.07 Å². The first kappa shape index (κ1) is 12.8. The largest absolute Gasteiger partial charge is 0.294 e. The minimum atomic E-state index is -0.867. The lowest BCUT2D eigenvalue weighted by Gasteiger charge is -2.05. The van der Waals surface area contributed by atoms with Crippen molar-refractivity contribution in [1.29, 1.82) is 0 Å². The Morgan fingerprint density at radius 2 is 1.83 bits per heavy atom. The number of rotatable bonds is 3. The SMILES string of the molecule is O=C(Cc1ccncc1)c1c(F)ccc(Br)c1F. The van der Waals surface area contributed by atoms with E-state index in [2.05, 4.69) is 20.9 Å². The lowest BCUT2D eigenvalue weighted by molar-refractivity contribution is 0.0984. The molecule has 0 saturated heterocycles. The van der Waals surface area contributed by atoms with Gasteiger partial charge in [-0.15, -0.1) is 0 Å². The summed E-state index contributed by atoms with van der Waals surface area (Å²) < 4.78 is 27.3. The third kappa shape index (κ3) is 2.61. The summed E-state index contributed by atoms with van der Waals surface area (Å²) in [5.41, 5.74) is 0.148. The molecule has 0 saturated carbocycles. The van der Waals surface area contributed by atoms with Gasteiger partial charge >= 0.3 is 0 Å². The number of benzene rings is 1. The van der Waals surface area contributed by atoms with Gasteiger partial charge in [-0.2, -0.15) is 0 Å². The highest BCUT2D eigenvalue weighted by Gasteiger charge is 2.19. The van der Waals surface area contributed by atoms with E-state index < -0.39 is 23.0 Å². The second kappa shape index (κ2) is 5.35. The van der Waals surface area contributed by atoms with Crippen molar-refractivity contribution in [2.24, 2.45) is 0 Å². The first-order valence-electron chi connectivity index (χ1n) is 5.15. The average molecular weight is 312 g/mol. The second-order valence-electron chi connectivity index (χ2n) is 3.67. The summed E-state index contributed by atoms with van der Waals surface area (Å²) in [5.74, 6) is -2.32. The highest BCUT2D eigenvalue weighted by molar-refractivity contribution is 9.10. The molecule has 0 aliphatic carbocycles. The van der Waals surface area contributed by atoms with Gasteiger partial charge < -0.3 is 0 Å². The van der Waals surface area contributed by atoms with Crippen LogP contribution in [-0.4, -0.2) is 10.8 Å². The molecule has 2 aromatic rings. The highest BCUT2D eigenvalue weighted by Crippen LogP contribution is 2.22. The molecule has 0 aliphatic rings. The highest BCUT2D eigenvalue weighted by atomic mass is 79.9. The van der Waals surface area contributed by atoms with Crippen LogP contribution < -0.4 is 0 Å². The minimum Gasteiger partial charge on any atom is -0.294 e. The summed E-state index contributed by atoms with van der Waals surface area (Å²) in [6.45, 7) is 0. The van der Waals surface area contributed by atoms with Gasteiger partial charge in [-0.25, -0.2) is 8.78 Å². The van der Waals surface area contributed by atoms with E-state index in [9.17, 15) is 13.6 Å². The molecule has 2 nitrogen and oxygen atoms in total. The first-order valence-corrected chi connectivity index (χ1v) is 5.94. The van der Waals surface area contributed by atoms with Crippen molar-refractivity contribution in [2.75, 3.05) is 0 Å². The summed E-state index contributed by atoms with van der Waals surface area (Å²) in [6, 6.07) is 5.55. The number of hydrogen-bond acceptors (Lipinski definition) is 2. The van der Waals surface area contributed by atoms with Gasteiger partial charge in [-0.3, -0.25) is 9.78 Å². The van der Waals surface area contributed by atoms with E-state index >= 15 is 0 Å². The summed E-state index contributed by atoms with van der Waals surface area (Å²) in [6.07, 6.45) is 2.99. The Morgan fingerprint density at radius 3 is 2.50 bits per heavy atom. The van der Waals surface area contributed by atoms with E-state index in [1.807, 2.05) is 0 Å². The van der Waals surface area contributed by atoms with Crippen LogP contribution in [0.15, 0.2) is 41.1 Å². The van der Waals surface area contributed by atoms with Crippen LogP contribution in [0, 0.1) is 11.6 Å². The van der Waals surface area contributed by atoms with Gasteiger partial charge in [0.15, 0.2) is 11.6 Å². The molecule has 0 bridgehead atoms. The smallest absolute Gasteiger partial charge is 0.173 e. The van der Waals surface area contributed by atoms with Crippen LogP contribution >= 0.6 is 15.9 Å². The maximum atomic E-state index is 13.7. The van der Waals surface area contributed by atoms with Crippen molar-refractivity contribution in [3.05, 3.63) is 63.9 Å². The van der Waals surface area contributed by atoms with Crippen LogP contribution in [0.4, 0.5) is 8.78 Å². The predicted octanol–water partition coefficient (Wildman–Crippen LogP) is 3.55. The van der Waals surface area contributed by atoms with Crippen molar-refractivity contribution < 1.29 is 13.6 Å². The lowest BCUT2D eigenvalue weighted by atomic mass is 10.0. The number of hydrogen-bond donors (Lipinski definition) is 0. The van der Waals surface area contributed by atoms with Gasteiger partial charge in [-0.1, -0.05) is 0 Å². The maximum absolute atomic E-state index is 13.7. The topological polar surface area (TPSA) is 30.0 Å². The molecule has 0 fully saturated rings. The third-order valence-electron chi connectivity index (χ3n) is 2.44. The predicted molar refractivity (Wildman–Crippen MR) is 66.3 cm³/mol. The Morgan fingerprint density at radius 1 is 1.17 bits per heavy atom. The van der Waals surface area contributed by atoms with Crippen molar-refractivity contribution in [3.63, 3.8) is 0 Å². The summed E-state index contributed by atoms with van der Waals surface area (Å²) >= 11 is 2.93. The van der Waals surface area contributed by atoms with Crippen LogP contribution in [-0.2, 0) is 6.42 Å². The van der Waals surface area contributed by atoms with E-state index in [-0.39, 0.29) is 10.9 Å². The quantitative estimate of drug-likeness (QED) is 0.641. The summed E-state index contributed by atoms with van der Waals surface area (Å²) in [4.78, 5) is 15.7. The summed E-state index contributed by atoms with van der Waals surface area (Å²) in [5, 5.41) is 0. The normalized spacial score (nSPS) is 10.4. The Kier molecular flexibility index (Phi) is 3.81. The summed E-state index contributed by atoms with van der Waals surface area (Å²) in [7, 11) is 0. The van der Waals surface area contributed by atoms with Gasteiger partial charge in [0, 0.05) is 18.8 Å². The van der Waals surface area contributed by atoms with Crippen LogP contribution in [0.3, 0.4) is 0 Å². The molecule has 0 spiro atoms. The fraction of sp³-hybridized carbons (Fsp3) is 0.0769.